The van der Waals surface area contributed by atoms with Gasteiger partial charge in [-0.1, -0.05) is 24.8 Å². The van der Waals surface area contributed by atoms with E-state index in [1.807, 2.05) is 0 Å². The molecule has 3 aromatic rings. The van der Waals surface area contributed by atoms with Gasteiger partial charge in [-0.05, 0) is 12.1 Å². The fourth-order valence-electron chi connectivity index (χ4n) is 1.98. The van der Waals surface area contributed by atoms with Crippen LogP contribution in [0.15, 0.2) is 36.9 Å². The van der Waals surface area contributed by atoms with E-state index in [-0.39, 0.29) is 23.7 Å². The lowest BCUT2D eigenvalue weighted by Gasteiger charge is -2.09. The highest BCUT2D eigenvalue weighted by Gasteiger charge is 2.38. The molecule has 5 nitrogen and oxygen atoms in total. The summed E-state index contributed by atoms with van der Waals surface area (Å²) in [5.74, 6) is -1.13. The van der Waals surface area contributed by atoms with Crippen LogP contribution in [0, 0.1) is 0 Å². The van der Waals surface area contributed by atoms with E-state index in [1.165, 1.54) is 12.1 Å². The van der Waals surface area contributed by atoms with Gasteiger partial charge in [0.15, 0.2) is 0 Å². The van der Waals surface area contributed by atoms with Crippen LogP contribution in [-0.2, 0) is 6.18 Å². The van der Waals surface area contributed by atoms with Crippen LogP contribution in [0.2, 0.25) is 0 Å². The number of rotatable bonds is 3. The predicted molar refractivity (Wildman–Crippen MR) is 69.0 cm³/mol. The molecule has 0 aliphatic heterocycles. The number of halogens is 3. The van der Waals surface area contributed by atoms with Crippen LogP contribution in [0.3, 0.4) is 0 Å². The number of aromatic nitrogens is 4. The van der Waals surface area contributed by atoms with Gasteiger partial charge in [-0.3, -0.25) is 4.40 Å². The third kappa shape index (κ3) is 2.18. The molecule has 0 saturated carbocycles. The predicted octanol–water partition coefficient (Wildman–Crippen LogP) is 2.86. The van der Waals surface area contributed by atoms with Crippen LogP contribution >= 0.6 is 0 Å². The minimum absolute atomic E-state index is 0.0170. The molecule has 0 unspecified atom stereocenters. The van der Waals surface area contributed by atoms with E-state index >= 15 is 0 Å². The highest BCUT2D eigenvalue weighted by atomic mass is 19.4. The van der Waals surface area contributed by atoms with Gasteiger partial charge < -0.3 is 4.74 Å². The summed E-state index contributed by atoms with van der Waals surface area (Å²) in [5, 5.41) is 6.79. The van der Waals surface area contributed by atoms with E-state index in [0.717, 1.165) is 4.40 Å². The zero-order chi connectivity index (χ0) is 15.0. The zero-order valence-electron chi connectivity index (χ0n) is 10.6. The Bertz CT molecular complexity index is 825. The van der Waals surface area contributed by atoms with Gasteiger partial charge in [0.2, 0.25) is 11.5 Å². The molecule has 0 radical (unpaired) electrons. The first-order valence-corrected chi connectivity index (χ1v) is 5.97. The number of hydrogen-bond acceptors (Lipinski definition) is 4. The maximum atomic E-state index is 13.1. The normalized spacial score (nSPS) is 12.0. The molecule has 1 aromatic carbocycles. The van der Waals surface area contributed by atoms with Crippen LogP contribution in [0.4, 0.5) is 13.2 Å². The summed E-state index contributed by atoms with van der Waals surface area (Å²) in [6.07, 6.45) is -3.16. The molecule has 2 heterocycles. The first-order valence-electron chi connectivity index (χ1n) is 5.97. The molecule has 0 bridgehead atoms. The third-order valence-electron chi connectivity index (χ3n) is 2.79. The van der Waals surface area contributed by atoms with E-state index in [9.17, 15) is 13.2 Å². The fourth-order valence-corrected chi connectivity index (χ4v) is 1.98. The lowest BCUT2D eigenvalue weighted by molar-refractivity contribution is -0.145. The molecule has 21 heavy (non-hydrogen) atoms. The van der Waals surface area contributed by atoms with E-state index in [1.54, 1.807) is 18.2 Å². The Morgan fingerprint density at radius 1 is 1.24 bits per heavy atom. The van der Waals surface area contributed by atoms with Crippen molar-refractivity contribution in [3.05, 3.63) is 42.7 Å². The van der Waals surface area contributed by atoms with Crippen molar-refractivity contribution in [2.24, 2.45) is 0 Å². The maximum absolute atomic E-state index is 13.1. The Kier molecular flexibility index (Phi) is 3.00. The number of benzene rings is 1. The molecule has 8 heteroatoms. The number of para-hydroxylation sites is 2. The third-order valence-corrected chi connectivity index (χ3v) is 2.79. The van der Waals surface area contributed by atoms with Crippen LogP contribution < -0.4 is 4.74 Å². The van der Waals surface area contributed by atoms with Crippen molar-refractivity contribution in [3.63, 3.8) is 0 Å². The Morgan fingerprint density at radius 2 is 2.00 bits per heavy atom. The zero-order valence-corrected chi connectivity index (χ0v) is 10.6. The summed E-state index contributed by atoms with van der Waals surface area (Å²) in [6, 6.07) is 6.41. The fraction of sp³-hybridized carbons (Fsp3) is 0.154. The number of alkyl halides is 3. The molecular formula is C13H9F3N4O. The number of nitrogens with zero attached hydrogens (tertiary/aromatic N) is 4. The molecule has 0 aliphatic carbocycles. The molecule has 0 aliphatic rings. The van der Waals surface area contributed by atoms with Crippen molar-refractivity contribution in [2.75, 3.05) is 6.61 Å². The lowest BCUT2D eigenvalue weighted by atomic mass is 10.3. The number of hydrogen-bond donors (Lipinski definition) is 0. The van der Waals surface area contributed by atoms with Crippen molar-refractivity contribution in [1.29, 1.82) is 0 Å². The lowest BCUT2D eigenvalue weighted by Crippen LogP contribution is -2.12. The average molecular weight is 294 g/mol. The van der Waals surface area contributed by atoms with Crippen molar-refractivity contribution < 1.29 is 17.9 Å². The van der Waals surface area contributed by atoms with Gasteiger partial charge >= 0.3 is 6.18 Å². The monoisotopic (exact) mass is 294 g/mol. The van der Waals surface area contributed by atoms with Crippen molar-refractivity contribution >= 4 is 16.7 Å². The Labute approximate surface area is 116 Å². The van der Waals surface area contributed by atoms with Gasteiger partial charge in [-0.2, -0.15) is 13.2 Å². The van der Waals surface area contributed by atoms with Crippen LogP contribution in [0.1, 0.15) is 5.82 Å². The molecule has 108 valence electrons. The average Bonchev–Trinajstić information content (AvgIpc) is 2.90. The minimum Gasteiger partial charge on any atom is -0.471 e. The van der Waals surface area contributed by atoms with Crippen molar-refractivity contribution in [3.8, 4) is 5.88 Å². The van der Waals surface area contributed by atoms with Crippen LogP contribution in [-0.4, -0.2) is 26.2 Å². The van der Waals surface area contributed by atoms with Crippen molar-refractivity contribution in [2.45, 2.75) is 6.18 Å². The quantitative estimate of drug-likeness (QED) is 0.697. The summed E-state index contributed by atoms with van der Waals surface area (Å²) in [5.41, 5.74) is 0.535. The summed E-state index contributed by atoms with van der Waals surface area (Å²) < 4.78 is 45.4. The maximum Gasteiger partial charge on any atom is 0.452 e. The first-order chi connectivity index (χ1) is 10.0. The minimum atomic E-state index is -4.63. The molecule has 0 atom stereocenters. The molecule has 0 N–H and O–H groups in total. The number of fused-ring (bicyclic) bond motifs is 3. The Balaban J connectivity index is 2.39. The van der Waals surface area contributed by atoms with Crippen molar-refractivity contribution in [1.82, 2.24) is 19.6 Å². The Hall–Kier alpha value is -2.64. The summed E-state index contributed by atoms with van der Waals surface area (Å²) in [7, 11) is 0. The van der Waals surface area contributed by atoms with Gasteiger partial charge in [-0.25, -0.2) is 4.98 Å². The summed E-state index contributed by atoms with van der Waals surface area (Å²) in [4.78, 5) is 4.18. The van der Waals surface area contributed by atoms with E-state index in [4.69, 9.17) is 4.74 Å². The molecule has 0 amide bonds. The van der Waals surface area contributed by atoms with E-state index in [2.05, 4.69) is 21.8 Å². The second-order valence-electron chi connectivity index (χ2n) is 4.19. The van der Waals surface area contributed by atoms with Gasteiger partial charge in [0.25, 0.3) is 5.88 Å². The topological polar surface area (TPSA) is 52.3 Å². The van der Waals surface area contributed by atoms with Gasteiger partial charge in [-0.15, -0.1) is 10.2 Å². The van der Waals surface area contributed by atoms with Gasteiger partial charge in [0.05, 0.1) is 11.0 Å². The molecule has 0 fully saturated rings. The summed E-state index contributed by atoms with van der Waals surface area (Å²) in [6.45, 7) is 3.59. The molecular weight excluding hydrogens is 285 g/mol. The first kappa shape index (κ1) is 13.3. The van der Waals surface area contributed by atoms with Gasteiger partial charge in [0, 0.05) is 0 Å². The van der Waals surface area contributed by atoms with Crippen LogP contribution in [0.25, 0.3) is 16.7 Å². The second-order valence-corrected chi connectivity index (χ2v) is 4.19. The summed E-state index contributed by atoms with van der Waals surface area (Å²) >= 11 is 0. The van der Waals surface area contributed by atoms with Crippen LogP contribution in [0.5, 0.6) is 5.88 Å². The van der Waals surface area contributed by atoms with E-state index in [0.29, 0.717) is 5.52 Å². The Morgan fingerprint density at radius 3 is 2.71 bits per heavy atom. The number of ether oxygens (including phenoxy) is 1. The smallest absolute Gasteiger partial charge is 0.452 e. The molecule has 2 aromatic heterocycles. The molecule has 0 saturated heterocycles. The standard InChI is InChI=1S/C13H9F3N4O/c1-2-7-21-11-10-18-19-12(13(14,15)16)20(10)9-6-4-3-5-8(9)17-11/h2-6H,1,7H2. The van der Waals surface area contributed by atoms with E-state index < -0.39 is 12.0 Å². The SMILES string of the molecule is C=CCOc1nc2ccccc2n2c(C(F)(F)F)nnc12. The highest BCUT2D eigenvalue weighted by molar-refractivity contribution is 5.79. The largest absolute Gasteiger partial charge is 0.471 e. The van der Waals surface area contributed by atoms with Gasteiger partial charge in [0.1, 0.15) is 6.61 Å². The highest BCUT2D eigenvalue weighted by Crippen LogP contribution is 2.32. The molecule has 3 rings (SSSR count). The second kappa shape index (κ2) is 4.72. The molecule has 0 spiro atoms.